The number of fused-ring (bicyclic) bond motifs is 1. The topological polar surface area (TPSA) is 50.5 Å². The van der Waals surface area contributed by atoms with Gasteiger partial charge in [-0.1, -0.05) is 40.5 Å². The molecule has 5 nitrogen and oxygen atoms in total. The van der Waals surface area contributed by atoms with Crippen LogP contribution in [-0.2, 0) is 6.42 Å². The molecule has 1 amide bonds. The molecule has 2 aromatic rings. The summed E-state index contributed by atoms with van der Waals surface area (Å²) in [4.78, 5) is 20.0. The second-order valence-corrected chi connectivity index (χ2v) is 10.6. The van der Waals surface area contributed by atoms with Crippen molar-refractivity contribution in [2.24, 2.45) is 11.3 Å². The molecule has 164 valence electrons. The third-order valence-corrected chi connectivity index (χ3v) is 7.17. The molecule has 0 spiro atoms. The molecule has 2 aliphatic rings. The average Bonchev–Trinajstić information content (AvgIpc) is 2.94. The maximum atomic E-state index is 13.1. The van der Waals surface area contributed by atoms with Gasteiger partial charge in [-0.3, -0.25) is 4.79 Å². The van der Waals surface area contributed by atoms with E-state index in [1.807, 2.05) is 15.5 Å². The molecule has 4 rings (SSSR count). The van der Waals surface area contributed by atoms with Gasteiger partial charge in [-0.25, -0.2) is 9.50 Å². The summed E-state index contributed by atoms with van der Waals surface area (Å²) in [5.41, 5.74) is 4.17. The van der Waals surface area contributed by atoms with Crippen molar-refractivity contribution in [2.45, 2.75) is 91.4 Å². The molecular weight excluding hydrogens is 372 g/mol. The molecule has 30 heavy (non-hydrogen) atoms. The fourth-order valence-electron chi connectivity index (χ4n) is 5.07. The van der Waals surface area contributed by atoms with Crippen LogP contribution in [0.1, 0.15) is 107 Å². The molecule has 1 saturated heterocycles. The predicted octanol–water partition coefficient (Wildman–Crippen LogP) is 5.63. The Bertz CT molecular complexity index is 880. The highest BCUT2D eigenvalue weighted by Crippen LogP contribution is 2.39. The van der Waals surface area contributed by atoms with Crippen LogP contribution in [0.3, 0.4) is 0 Å². The van der Waals surface area contributed by atoms with Crippen LogP contribution in [0, 0.1) is 11.3 Å². The van der Waals surface area contributed by atoms with Gasteiger partial charge in [0.2, 0.25) is 0 Å². The fourth-order valence-corrected chi connectivity index (χ4v) is 5.07. The van der Waals surface area contributed by atoms with E-state index in [2.05, 4.69) is 33.8 Å². The summed E-state index contributed by atoms with van der Waals surface area (Å²) >= 11 is 0. The summed E-state index contributed by atoms with van der Waals surface area (Å²) in [5, 5.41) is 4.71. The van der Waals surface area contributed by atoms with Crippen LogP contribution in [0.25, 0.3) is 5.65 Å². The van der Waals surface area contributed by atoms with Crippen molar-refractivity contribution in [2.75, 3.05) is 13.1 Å². The molecule has 0 bridgehead atoms. The number of carbonyl (C=O) groups excluding carboxylic acids is 1. The van der Waals surface area contributed by atoms with Crippen LogP contribution in [0.2, 0.25) is 0 Å². The van der Waals surface area contributed by atoms with Gasteiger partial charge < -0.3 is 4.90 Å². The van der Waals surface area contributed by atoms with Crippen LogP contribution in [0.15, 0.2) is 12.1 Å². The summed E-state index contributed by atoms with van der Waals surface area (Å²) < 4.78 is 1.91. The van der Waals surface area contributed by atoms with Crippen molar-refractivity contribution >= 4 is 11.6 Å². The zero-order chi connectivity index (χ0) is 21.3. The summed E-state index contributed by atoms with van der Waals surface area (Å²) in [7, 11) is 0. The SMILES string of the molecule is CC(C)c1cc(CC2CCC(C)(C)CC2)nc2cc(C(=O)N3CCCCCC3)nn12. The van der Waals surface area contributed by atoms with Crippen molar-refractivity contribution in [3.8, 4) is 0 Å². The van der Waals surface area contributed by atoms with Gasteiger partial charge in [0, 0.05) is 30.5 Å². The molecule has 0 radical (unpaired) electrons. The highest BCUT2D eigenvalue weighted by molar-refractivity contribution is 5.93. The molecule has 0 N–H and O–H groups in total. The molecule has 1 aliphatic heterocycles. The second kappa shape index (κ2) is 8.68. The van der Waals surface area contributed by atoms with E-state index in [4.69, 9.17) is 10.1 Å². The molecule has 2 fully saturated rings. The zero-order valence-corrected chi connectivity index (χ0v) is 19.3. The molecule has 1 saturated carbocycles. The first-order valence-corrected chi connectivity index (χ1v) is 12.0. The van der Waals surface area contributed by atoms with Crippen molar-refractivity contribution in [3.63, 3.8) is 0 Å². The number of aromatic nitrogens is 3. The molecular formula is C25H38N4O. The van der Waals surface area contributed by atoms with E-state index >= 15 is 0 Å². The minimum atomic E-state index is 0.0631. The first-order valence-electron chi connectivity index (χ1n) is 12.0. The predicted molar refractivity (Wildman–Crippen MR) is 121 cm³/mol. The highest BCUT2D eigenvalue weighted by atomic mass is 16.2. The summed E-state index contributed by atoms with van der Waals surface area (Å²) in [6, 6.07) is 4.14. The molecule has 0 atom stereocenters. The Labute approximate surface area is 181 Å². The molecule has 0 aromatic carbocycles. The van der Waals surface area contributed by atoms with Crippen molar-refractivity contribution in [1.29, 1.82) is 0 Å². The van der Waals surface area contributed by atoms with Crippen molar-refractivity contribution in [3.05, 3.63) is 29.2 Å². The van der Waals surface area contributed by atoms with Crippen LogP contribution in [0.5, 0.6) is 0 Å². The van der Waals surface area contributed by atoms with Gasteiger partial charge in [0.15, 0.2) is 11.3 Å². The second-order valence-electron chi connectivity index (χ2n) is 10.6. The fraction of sp³-hybridized carbons (Fsp3) is 0.720. The lowest BCUT2D eigenvalue weighted by atomic mass is 9.72. The minimum Gasteiger partial charge on any atom is -0.337 e. The van der Waals surface area contributed by atoms with Gasteiger partial charge in [-0.15, -0.1) is 0 Å². The average molecular weight is 411 g/mol. The monoisotopic (exact) mass is 410 g/mol. The number of hydrogen-bond donors (Lipinski definition) is 0. The van der Waals surface area contributed by atoms with E-state index in [1.165, 1.54) is 38.5 Å². The zero-order valence-electron chi connectivity index (χ0n) is 19.3. The smallest absolute Gasteiger partial charge is 0.274 e. The lowest BCUT2D eigenvalue weighted by Gasteiger charge is -2.34. The number of amides is 1. The first-order chi connectivity index (χ1) is 14.3. The first kappa shape index (κ1) is 21.3. The van der Waals surface area contributed by atoms with E-state index in [0.717, 1.165) is 49.4 Å². The number of likely N-dealkylation sites (tertiary alicyclic amines) is 1. The normalized spacial score (nSPS) is 20.6. The van der Waals surface area contributed by atoms with E-state index < -0.39 is 0 Å². The van der Waals surface area contributed by atoms with E-state index in [0.29, 0.717) is 22.9 Å². The van der Waals surface area contributed by atoms with Gasteiger partial charge in [0.05, 0.1) is 0 Å². The van der Waals surface area contributed by atoms with E-state index in [1.54, 1.807) is 0 Å². The number of rotatable bonds is 4. The Kier molecular flexibility index (Phi) is 6.17. The third-order valence-electron chi connectivity index (χ3n) is 7.17. The third kappa shape index (κ3) is 4.70. The highest BCUT2D eigenvalue weighted by Gasteiger charge is 2.28. The Morgan fingerprint density at radius 1 is 1.10 bits per heavy atom. The van der Waals surface area contributed by atoms with Gasteiger partial charge in [-0.05, 0) is 68.3 Å². The van der Waals surface area contributed by atoms with E-state index in [-0.39, 0.29) is 5.91 Å². The van der Waals surface area contributed by atoms with Gasteiger partial charge in [-0.2, -0.15) is 5.10 Å². The lowest BCUT2D eigenvalue weighted by molar-refractivity contribution is 0.0755. The largest absolute Gasteiger partial charge is 0.337 e. The molecule has 5 heteroatoms. The minimum absolute atomic E-state index is 0.0631. The van der Waals surface area contributed by atoms with E-state index in [9.17, 15) is 4.79 Å². The van der Waals surface area contributed by atoms with Crippen molar-refractivity contribution < 1.29 is 4.79 Å². The van der Waals surface area contributed by atoms with Crippen LogP contribution in [0.4, 0.5) is 0 Å². The molecule has 2 aromatic heterocycles. The maximum absolute atomic E-state index is 13.1. The number of nitrogens with zero attached hydrogens (tertiary/aromatic N) is 4. The van der Waals surface area contributed by atoms with Gasteiger partial charge in [0.1, 0.15) is 0 Å². The Balaban J connectivity index is 1.59. The standard InChI is InChI=1S/C25H38N4O/c1-18(2)22-16-20(15-19-9-11-25(3,4)12-10-19)26-23-17-21(27-29(22)23)24(30)28-13-7-5-6-8-14-28/h16-19H,5-15H2,1-4H3. The lowest BCUT2D eigenvalue weighted by Crippen LogP contribution is -2.32. The quantitative estimate of drug-likeness (QED) is 0.656. The number of hydrogen-bond acceptors (Lipinski definition) is 3. The number of carbonyl (C=O) groups is 1. The summed E-state index contributed by atoms with van der Waals surface area (Å²) in [6.07, 6.45) is 10.8. The van der Waals surface area contributed by atoms with Gasteiger partial charge in [0.25, 0.3) is 5.91 Å². The maximum Gasteiger partial charge on any atom is 0.274 e. The van der Waals surface area contributed by atoms with Crippen LogP contribution < -0.4 is 0 Å². The molecule has 0 unspecified atom stereocenters. The Morgan fingerprint density at radius 3 is 2.40 bits per heavy atom. The van der Waals surface area contributed by atoms with Crippen LogP contribution in [-0.4, -0.2) is 38.5 Å². The Hall–Kier alpha value is -1.91. The molecule has 3 heterocycles. The van der Waals surface area contributed by atoms with Gasteiger partial charge >= 0.3 is 0 Å². The Morgan fingerprint density at radius 2 is 1.77 bits per heavy atom. The molecule has 1 aliphatic carbocycles. The van der Waals surface area contributed by atoms with Crippen LogP contribution >= 0.6 is 0 Å². The summed E-state index contributed by atoms with van der Waals surface area (Å²) in [5.74, 6) is 1.11. The summed E-state index contributed by atoms with van der Waals surface area (Å²) in [6.45, 7) is 10.9. The van der Waals surface area contributed by atoms with Crippen molar-refractivity contribution in [1.82, 2.24) is 19.5 Å².